The van der Waals surface area contributed by atoms with Gasteiger partial charge in [-0.25, -0.2) is 17.7 Å². The van der Waals surface area contributed by atoms with E-state index in [1.54, 1.807) is 16.6 Å². The van der Waals surface area contributed by atoms with Gasteiger partial charge >= 0.3 is 0 Å². The molecule has 0 radical (unpaired) electrons. The van der Waals surface area contributed by atoms with E-state index in [1.807, 2.05) is 30.5 Å². The zero-order valence-corrected chi connectivity index (χ0v) is 12.5. The number of rotatable bonds is 4. The molecule has 3 rings (SSSR count). The van der Waals surface area contributed by atoms with Gasteiger partial charge in [0.25, 0.3) is 0 Å². The average Bonchev–Trinajstić information content (AvgIpc) is 2.88. The molecule has 0 aliphatic rings. The van der Waals surface area contributed by atoms with E-state index in [4.69, 9.17) is 11.6 Å². The summed E-state index contributed by atoms with van der Waals surface area (Å²) in [6, 6.07) is 13.6. The Morgan fingerprint density at radius 1 is 1.14 bits per heavy atom. The van der Waals surface area contributed by atoms with Crippen LogP contribution in [0.1, 0.15) is 5.69 Å². The van der Waals surface area contributed by atoms with Crippen molar-refractivity contribution < 1.29 is 8.42 Å². The minimum atomic E-state index is -3.60. The molecule has 0 bridgehead atoms. The molecule has 0 saturated carbocycles. The van der Waals surface area contributed by atoms with Crippen molar-refractivity contribution in [2.24, 2.45) is 0 Å². The highest BCUT2D eigenvalue weighted by Crippen LogP contribution is 2.15. The third kappa shape index (κ3) is 3.07. The molecule has 108 valence electrons. The highest BCUT2D eigenvalue weighted by molar-refractivity contribution is 7.89. The molecule has 3 aromatic rings. The highest BCUT2D eigenvalue weighted by atomic mass is 35.5. The molecule has 0 unspecified atom stereocenters. The van der Waals surface area contributed by atoms with Crippen LogP contribution < -0.4 is 4.72 Å². The molecule has 0 fully saturated rings. The summed E-state index contributed by atoms with van der Waals surface area (Å²) in [5.74, 6) is 0. The van der Waals surface area contributed by atoms with Gasteiger partial charge in [0.2, 0.25) is 10.0 Å². The number of halogens is 1. The maximum Gasteiger partial charge on any atom is 0.240 e. The van der Waals surface area contributed by atoms with E-state index in [1.165, 1.54) is 12.1 Å². The molecular weight excluding hydrogens is 310 g/mol. The number of pyridine rings is 1. The van der Waals surface area contributed by atoms with Crippen LogP contribution in [0, 0.1) is 0 Å². The first-order valence-electron chi connectivity index (χ1n) is 6.23. The van der Waals surface area contributed by atoms with Gasteiger partial charge in [0.1, 0.15) is 0 Å². The number of fused-ring (bicyclic) bond motifs is 1. The molecule has 0 aliphatic heterocycles. The van der Waals surface area contributed by atoms with Crippen LogP contribution in [-0.4, -0.2) is 18.0 Å². The Balaban J connectivity index is 1.80. The fraction of sp³-hybridized carbons (Fsp3) is 0.0714. The van der Waals surface area contributed by atoms with Crippen molar-refractivity contribution >= 4 is 27.1 Å². The van der Waals surface area contributed by atoms with Crippen LogP contribution in [0.5, 0.6) is 0 Å². The normalized spacial score (nSPS) is 11.9. The molecule has 0 saturated heterocycles. The Morgan fingerprint density at radius 3 is 2.76 bits per heavy atom. The lowest BCUT2D eigenvalue weighted by Gasteiger charge is -2.05. The third-order valence-electron chi connectivity index (χ3n) is 2.97. The summed E-state index contributed by atoms with van der Waals surface area (Å²) in [7, 11) is -3.60. The summed E-state index contributed by atoms with van der Waals surface area (Å²) in [6.07, 6.45) is 1.81. The Labute approximate surface area is 127 Å². The number of hydrogen-bond acceptors (Lipinski definition) is 3. The highest BCUT2D eigenvalue weighted by Gasteiger charge is 2.14. The lowest BCUT2D eigenvalue weighted by molar-refractivity contribution is 0.580. The molecule has 21 heavy (non-hydrogen) atoms. The van der Waals surface area contributed by atoms with Crippen LogP contribution in [0.25, 0.3) is 5.52 Å². The van der Waals surface area contributed by atoms with Gasteiger partial charge in [0.05, 0.1) is 22.7 Å². The van der Waals surface area contributed by atoms with E-state index in [2.05, 4.69) is 9.82 Å². The second kappa shape index (κ2) is 5.48. The van der Waals surface area contributed by atoms with Gasteiger partial charge in [-0.2, -0.15) is 5.10 Å². The monoisotopic (exact) mass is 321 g/mol. The number of benzene rings is 1. The van der Waals surface area contributed by atoms with Gasteiger partial charge in [-0.05, 0) is 36.4 Å². The molecule has 5 nitrogen and oxygen atoms in total. The van der Waals surface area contributed by atoms with E-state index in [9.17, 15) is 8.42 Å². The summed E-state index contributed by atoms with van der Waals surface area (Å²) >= 11 is 5.81. The largest absolute Gasteiger partial charge is 0.241 e. The van der Waals surface area contributed by atoms with Crippen LogP contribution in [0.3, 0.4) is 0 Å². The molecular formula is C14H12ClN3O2S. The van der Waals surface area contributed by atoms with Crippen LogP contribution in [0.2, 0.25) is 5.02 Å². The fourth-order valence-corrected chi connectivity index (χ4v) is 3.26. The Hall–Kier alpha value is -1.89. The first kappa shape index (κ1) is 14.1. The van der Waals surface area contributed by atoms with E-state index in [0.717, 1.165) is 5.52 Å². The molecule has 1 N–H and O–H groups in total. The minimum Gasteiger partial charge on any atom is -0.241 e. The SMILES string of the molecule is O=S(=O)(NCc1cc2ccccn2n1)c1cccc(Cl)c1. The first-order chi connectivity index (χ1) is 10.0. The standard InChI is InChI=1S/C14H12ClN3O2S/c15-11-4-3-6-14(8-11)21(19,20)16-10-12-9-13-5-1-2-7-18(13)17-12/h1-9,16H,10H2. The summed E-state index contributed by atoms with van der Waals surface area (Å²) in [6.45, 7) is 0.122. The van der Waals surface area contributed by atoms with Crippen LogP contribution >= 0.6 is 11.6 Å². The van der Waals surface area contributed by atoms with Crippen molar-refractivity contribution in [3.8, 4) is 0 Å². The predicted molar refractivity (Wildman–Crippen MR) is 80.7 cm³/mol. The number of sulfonamides is 1. The third-order valence-corrected chi connectivity index (χ3v) is 4.60. The molecule has 2 aromatic heterocycles. The Kier molecular flexibility index (Phi) is 3.67. The smallest absolute Gasteiger partial charge is 0.240 e. The van der Waals surface area contributed by atoms with Gasteiger partial charge in [-0.15, -0.1) is 0 Å². The molecule has 0 atom stereocenters. The quantitative estimate of drug-likeness (QED) is 0.803. The zero-order chi connectivity index (χ0) is 14.9. The molecule has 1 aromatic carbocycles. The lowest BCUT2D eigenvalue weighted by Crippen LogP contribution is -2.23. The molecule has 7 heteroatoms. The van der Waals surface area contributed by atoms with Crippen molar-refractivity contribution in [3.63, 3.8) is 0 Å². The summed E-state index contributed by atoms with van der Waals surface area (Å²) < 4.78 is 28.6. The van der Waals surface area contributed by atoms with Crippen LogP contribution in [0.4, 0.5) is 0 Å². The van der Waals surface area contributed by atoms with Gasteiger partial charge in [0.15, 0.2) is 0 Å². The number of aromatic nitrogens is 2. The van der Waals surface area contributed by atoms with E-state index in [-0.39, 0.29) is 11.4 Å². The second-order valence-corrected chi connectivity index (χ2v) is 6.69. The van der Waals surface area contributed by atoms with Gasteiger partial charge in [-0.3, -0.25) is 0 Å². The molecule has 0 aliphatic carbocycles. The van der Waals surface area contributed by atoms with Crippen molar-refractivity contribution in [2.75, 3.05) is 0 Å². The average molecular weight is 322 g/mol. The number of nitrogens with zero attached hydrogens (tertiary/aromatic N) is 2. The van der Waals surface area contributed by atoms with Crippen molar-refractivity contribution in [1.82, 2.24) is 14.3 Å². The number of nitrogens with one attached hydrogen (secondary N) is 1. The topological polar surface area (TPSA) is 63.5 Å². The fourth-order valence-electron chi connectivity index (χ4n) is 1.96. The van der Waals surface area contributed by atoms with Crippen LogP contribution in [-0.2, 0) is 16.6 Å². The van der Waals surface area contributed by atoms with Gasteiger partial charge in [0, 0.05) is 11.2 Å². The van der Waals surface area contributed by atoms with E-state index < -0.39 is 10.0 Å². The summed E-state index contributed by atoms with van der Waals surface area (Å²) in [5.41, 5.74) is 1.56. The second-order valence-electron chi connectivity index (χ2n) is 4.49. The molecule has 0 amide bonds. The number of hydrogen-bond donors (Lipinski definition) is 1. The minimum absolute atomic E-state index is 0.122. The van der Waals surface area contributed by atoms with E-state index >= 15 is 0 Å². The van der Waals surface area contributed by atoms with Crippen molar-refractivity contribution in [1.29, 1.82) is 0 Å². The van der Waals surface area contributed by atoms with E-state index in [0.29, 0.717) is 10.7 Å². The maximum absolute atomic E-state index is 12.2. The summed E-state index contributed by atoms with van der Waals surface area (Å²) in [4.78, 5) is 0.138. The molecule has 2 heterocycles. The Bertz CT molecular complexity index is 857. The zero-order valence-electron chi connectivity index (χ0n) is 10.9. The summed E-state index contributed by atoms with van der Waals surface area (Å²) in [5, 5.41) is 4.67. The van der Waals surface area contributed by atoms with Crippen LogP contribution in [0.15, 0.2) is 59.6 Å². The van der Waals surface area contributed by atoms with Crippen molar-refractivity contribution in [2.45, 2.75) is 11.4 Å². The Morgan fingerprint density at radius 2 is 2.00 bits per heavy atom. The van der Waals surface area contributed by atoms with Gasteiger partial charge in [-0.1, -0.05) is 23.7 Å². The maximum atomic E-state index is 12.2. The first-order valence-corrected chi connectivity index (χ1v) is 8.09. The lowest BCUT2D eigenvalue weighted by atomic mass is 10.3. The van der Waals surface area contributed by atoms with Crippen molar-refractivity contribution in [3.05, 3.63) is 65.4 Å². The molecule has 0 spiro atoms. The predicted octanol–water partition coefficient (Wildman–Crippen LogP) is 2.47. The van der Waals surface area contributed by atoms with Gasteiger partial charge < -0.3 is 0 Å².